The maximum absolute atomic E-state index is 5.97. The Bertz CT molecular complexity index is 383. The summed E-state index contributed by atoms with van der Waals surface area (Å²) in [5.74, 6) is 1.16. The second-order valence-electron chi connectivity index (χ2n) is 5.75. The third-order valence-electron chi connectivity index (χ3n) is 4.04. The number of nitrogens with two attached hydrogens (primary N) is 1. The summed E-state index contributed by atoms with van der Waals surface area (Å²) in [5, 5.41) is 0. The van der Waals surface area contributed by atoms with Gasteiger partial charge in [0.2, 0.25) is 0 Å². The van der Waals surface area contributed by atoms with Gasteiger partial charge < -0.3 is 10.6 Å². The number of anilines is 1. The van der Waals surface area contributed by atoms with E-state index in [4.69, 9.17) is 5.73 Å². The minimum atomic E-state index is 0.188. The highest BCUT2D eigenvalue weighted by atomic mass is 15.2. The summed E-state index contributed by atoms with van der Waals surface area (Å²) in [6, 6.07) is 5.06. The van der Waals surface area contributed by atoms with Gasteiger partial charge in [-0.3, -0.25) is 0 Å². The molecule has 3 nitrogen and oxygen atoms in total. The van der Waals surface area contributed by atoms with Crippen molar-refractivity contribution in [2.24, 2.45) is 5.73 Å². The topological polar surface area (TPSA) is 42.2 Å². The van der Waals surface area contributed by atoms with Crippen molar-refractivity contribution < 1.29 is 0 Å². The van der Waals surface area contributed by atoms with Crippen LogP contribution in [0.5, 0.6) is 0 Å². The zero-order chi connectivity index (χ0) is 13.7. The van der Waals surface area contributed by atoms with Gasteiger partial charge in [0.05, 0.1) is 0 Å². The Morgan fingerprint density at radius 2 is 2.11 bits per heavy atom. The van der Waals surface area contributed by atoms with Crippen LogP contribution < -0.4 is 10.6 Å². The third-order valence-corrected chi connectivity index (χ3v) is 4.04. The fourth-order valence-electron chi connectivity index (χ4n) is 3.17. The van der Waals surface area contributed by atoms with E-state index in [9.17, 15) is 0 Å². The summed E-state index contributed by atoms with van der Waals surface area (Å²) in [4.78, 5) is 7.15. The molecule has 0 saturated heterocycles. The molecule has 1 unspecified atom stereocenters. The summed E-state index contributed by atoms with van der Waals surface area (Å²) in [7, 11) is 0. The monoisotopic (exact) mass is 261 g/mol. The Morgan fingerprint density at radius 3 is 2.74 bits per heavy atom. The van der Waals surface area contributed by atoms with E-state index >= 15 is 0 Å². The third kappa shape index (κ3) is 3.69. The lowest BCUT2D eigenvalue weighted by Crippen LogP contribution is -2.38. The van der Waals surface area contributed by atoms with Crippen LogP contribution in [0, 0.1) is 0 Å². The van der Waals surface area contributed by atoms with Crippen LogP contribution >= 0.6 is 0 Å². The first-order valence-corrected chi connectivity index (χ1v) is 7.68. The highest BCUT2D eigenvalue weighted by molar-refractivity contribution is 5.48. The largest absolute Gasteiger partial charge is 0.354 e. The van der Waals surface area contributed by atoms with Crippen molar-refractivity contribution in [1.29, 1.82) is 0 Å². The first-order valence-electron chi connectivity index (χ1n) is 7.68. The first-order chi connectivity index (χ1) is 9.22. The van der Waals surface area contributed by atoms with E-state index in [1.54, 1.807) is 0 Å². The SMILES string of the molecule is CCN(c1ncccc1CC(C)N)C1CCCCC1. The van der Waals surface area contributed by atoms with Crippen LogP contribution in [0.4, 0.5) is 5.82 Å². The van der Waals surface area contributed by atoms with E-state index in [0.29, 0.717) is 6.04 Å². The lowest BCUT2D eigenvalue weighted by molar-refractivity contribution is 0.415. The molecule has 19 heavy (non-hydrogen) atoms. The highest BCUT2D eigenvalue weighted by Crippen LogP contribution is 2.28. The average molecular weight is 261 g/mol. The number of nitrogens with zero attached hydrogens (tertiary/aromatic N) is 2. The van der Waals surface area contributed by atoms with E-state index in [1.165, 1.54) is 37.7 Å². The molecule has 1 aliphatic carbocycles. The zero-order valence-corrected chi connectivity index (χ0v) is 12.3. The fraction of sp³-hybridized carbons (Fsp3) is 0.688. The number of hydrogen-bond acceptors (Lipinski definition) is 3. The molecule has 0 aliphatic heterocycles. The molecule has 0 bridgehead atoms. The number of rotatable bonds is 5. The molecule has 106 valence electrons. The summed E-state index contributed by atoms with van der Waals surface area (Å²) < 4.78 is 0. The van der Waals surface area contributed by atoms with Gasteiger partial charge >= 0.3 is 0 Å². The average Bonchev–Trinajstić information content (AvgIpc) is 2.42. The standard InChI is InChI=1S/C16H27N3/c1-3-19(15-9-5-4-6-10-15)16-14(12-13(2)17)8-7-11-18-16/h7-8,11,13,15H,3-6,9-10,12,17H2,1-2H3. The van der Waals surface area contributed by atoms with Crippen LogP contribution in [-0.4, -0.2) is 23.6 Å². The van der Waals surface area contributed by atoms with Crippen molar-refractivity contribution in [3.63, 3.8) is 0 Å². The summed E-state index contributed by atoms with van der Waals surface area (Å²) in [6.45, 7) is 5.33. The molecular weight excluding hydrogens is 234 g/mol. The maximum Gasteiger partial charge on any atom is 0.131 e. The van der Waals surface area contributed by atoms with Crippen molar-refractivity contribution in [1.82, 2.24) is 4.98 Å². The zero-order valence-electron chi connectivity index (χ0n) is 12.3. The molecule has 1 aromatic heterocycles. The molecule has 1 atom stereocenters. The molecule has 0 amide bonds. The number of aromatic nitrogens is 1. The van der Waals surface area contributed by atoms with Crippen molar-refractivity contribution in [2.75, 3.05) is 11.4 Å². The summed E-state index contributed by atoms with van der Waals surface area (Å²) in [6.07, 6.45) is 9.54. The molecule has 1 aliphatic rings. The Balaban J connectivity index is 2.21. The smallest absolute Gasteiger partial charge is 0.131 e. The van der Waals surface area contributed by atoms with Gasteiger partial charge in [-0.15, -0.1) is 0 Å². The summed E-state index contributed by atoms with van der Waals surface area (Å²) >= 11 is 0. The van der Waals surface area contributed by atoms with Gasteiger partial charge in [0.25, 0.3) is 0 Å². The van der Waals surface area contributed by atoms with Gasteiger partial charge in [-0.25, -0.2) is 4.98 Å². The van der Waals surface area contributed by atoms with Crippen LogP contribution in [0.3, 0.4) is 0 Å². The van der Waals surface area contributed by atoms with Crippen molar-refractivity contribution in [2.45, 2.75) is 64.5 Å². The molecule has 2 N–H and O–H groups in total. The molecular formula is C16H27N3. The van der Waals surface area contributed by atoms with E-state index in [0.717, 1.165) is 18.8 Å². The highest BCUT2D eigenvalue weighted by Gasteiger charge is 2.22. The predicted octanol–water partition coefficient (Wildman–Crippen LogP) is 3.13. The molecule has 0 aromatic carbocycles. The quantitative estimate of drug-likeness (QED) is 0.885. The second kappa shape index (κ2) is 6.90. The van der Waals surface area contributed by atoms with Gasteiger partial charge in [-0.1, -0.05) is 25.3 Å². The van der Waals surface area contributed by atoms with E-state index < -0.39 is 0 Å². The van der Waals surface area contributed by atoms with Crippen LogP contribution in [0.2, 0.25) is 0 Å². The Hall–Kier alpha value is -1.09. The van der Waals surface area contributed by atoms with Gasteiger partial charge in [-0.05, 0) is 44.7 Å². The van der Waals surface area contributed by atoms with Gasteiger partial charge in [0.1, 0.15) is 5.82 Å². The second-order valence-corrected chi connectivity index (χ2v) is 5.75. The minimum absolute atomic E-state index is 0.188. The van der Waals surface area contributed by atoms with Gasteiger partial charge in [-0.2, -0.15) is 0 Å². The van der Waals surface area contributed by atoms with Crippen LogP contribution in [0.1, 0.15) is 51.5 Å². The minimum Gasteiger partial charge on any atom is -0.354 e. The predicted molar refractivity (Wildman–Crippen MR) is 81.5 cm³/mol. The van der Waals surface area contributed by atoms with Crippen LogP contribution in [-0.2, 0) is 6.42 Å². The molecule has 1 fully saturated rings. The molecule has 1 heterocycles. The molecule has 0 spiro atoms. The molecule has 1 saturated carbocycles. The van der Waals surface area contributed by atoms with E-state index in [1.807, 2.05) is 12.3 Å². The normalized spacial score (nSPS) is 18.3. The molecule has 0 radical (unpaired) electrons. The van der Waals surface area contributed by atoms with Crippen molar-refractivity contribution in [3.8, 4) is 0 Å². The number of pyridine rings is 1. The lowest BCUT2D eigenvalue weighted by atomic mass is 9.93. The van der Waals surface area contributed by atoms with Crippen LogP contribution in [0.15, 0.2) is 18.3 Å². The Labute approximate surface area is 117 Å². The molecule has 1 aromatic rings. The van der Waals surface area contributed by atoms with Crippen LogP contribution in [0.25, 0.3) is 0 Å². The van der Waals surface area contributed by atoms with Gasteiger partial charge in [0, 0.05) is 24.8 Å². The van der Waals surface area contributed by atoms with E-state index in [2.05, 4.69) is 29.8 Å². The number of hydrogen-bond donors (Lipinski definition) is 1. The maximum atomic E-state index is 5.97. The Kier molecular flexibility index (Phi) is 5.20. The lowest BCUT2D eigenvalue weighted by Gasteiger charge is -2.35. The van der Waals surface area contributed by atoms with Crippen molar-refractivity contribution in [3.05, 3.63) is 23.9 Å². The van der Waals surface area contributed by atoms with E-state index in [-0.39, 0.29) is 6.04 Å². The Morgan fingerprint density at radius 1 is 1.37 bits per heavy atom. The summed E-state index contributed by atoms with van der Waals surface area (Å²) in [5.41, 5.74) is 7.26. The molecule has 2 rings (SSSR count). The molecule has 3 heteroatoms. The first kappa shape index (κ1) is 14.3. The fourth-order valence-corrected chi connectivity index (χ4v) is 3.17. The van der Waals surface area contributed by atoms with Crippen molar-refractivity contribution >= 4 is 5.82 Å². The van der Waals surface area contributed by atoms with Gasteiger partial charge in [0.15, 0.2) is 0 Å².